The molecular weight excluding hydrogens is 416 g/mol. The number of anilines is 1. The first-order valence-electron chi connectivity index (χ1n) is 10.9. The standard InChI is InChI=1S/C23H35ClN4O3/c1-23(2,3)31-22(30)27-11-9-16(10-12-27)28-14-18(15-28)26(6)17-7-8-19(20(24)13-17)21(29)25(4)5/h7-8,13,16,18H,9-12,14-15H2,1-6H3. The monoisotopic (exact) mass is 450 g/mol. The summed E-state index contributed by atoms with van der Waals surface area (Å²) in [6, 6.07) is 6.56. The lowest BCUT2D eigenvalue weighted by molar-refractivity contribution is 0.00614. The first-order chi connectivity index (χ1) is 14.5. The molecule has 0 atom stereocenters. The van der Waals surface area contributed by atoms with Crippen LogP contribution in [0.4, 0.5) is 10.5 Å². The Morgan fingerprint density at radius 1 is 1.10 bits per heavy atom. The summed E-state index contributed by atoms with van der Waals surface area (Å²) < 4.78 is 5.49. The van der Waals surface area contributed by atoms with Crippen molar-refractivity contribution >= 4 is 29.3 Å². The molecule has 2 aliphatic rings. The van der Waals surface area contributed by atoms with Gasteiger partial charge in [-0.3, -0.25) is 9.69 Å². The molecule has 7 nitrogen and oxygen atoms in total. The summed E-state index contributed by atoms with van der Waals surface area (Å²) >= 11 is 6.38. The number of nitrogens with zero attached hydrogens (tertiary/aromatic N) is 4. The summed E-state index contributed by atoms with van der Waals surface area (Å²) in [5, 5.41) is 0.480. The molecule has 0 aromatic heterocycles. The van der Waals surface area contributed by atoms with Crippen molar-refractivity contribution in [2.24, 2.45) is 0 Å². The Labute approximate surface area is 190 Å². The van der Waals surface area contributed by atoms with E-state index in [-0.39, 0.29) is 12.0 Å². The van der Waals surface area contributed by atoms with Crippen LogP contribution in [0.3, 0.4) is 0 Å². The topological polar surface area (TPSA) is 56.3 Å². The van der Waals surface area contributed by atoms with Crippen molar-refractivity contribution in [1.29, 1.82) is 0 Å². The molecule has 2 aliphatic heterocycles. The number of carbonyl (C=O) groups is 2. The predicted octanol–water partition coefficient (Wildman–Crippen LogP) is 3.56. The zero-order valence-corrected chi connectivity index (χ0v) is 20.3. The number of halogens is 1. The number of likely N-dealkylation sites (tertiary alicyclic amines) is 2. The molecule has 0 spiro atoms. The zero-order valence-electron chi connectivity index (χ0n) is 19.5. The average molecular weight is 451 g/mol. The van der Waals surface area contributed by atoms with Crippen LogP contribution in [0.2, 0.25) is 5.02 Å². The van der Waals surface area contributed by atoms with Crippen LogP contribution in [0.5, 0.6) is 0 Å². The normalized spacial score (nSPS) is 18.5. The molecule has 1 aromatic rings. The summed E-state index contributed by atoms with van der Waals surface area (Å²) in [7, 11) is 5.52. The van der Waals surface area contributed by atoms with Crippen LogP contribution in [0.1, 0.15) is 44.0 Å². The van der Waals surface area contributed by atoms with Gasteiger partial charge in [-0.1, -0.05) is 11.6 Å². The molecular formula is C23H35ClN4O3. The summed E-state index contributed by atoms with van der Waals surface area (Å²) in [4.78, 5) is 32.5. The highest BCUT2D eigenvalue weighted by atomic mass is 35.5. The second-order valence-electron chi connectivity index (χ2n) is 9.78. The fraction of sp³-hybridized carbons (Fsp3) is 0.652. The van der Waals surface area contributed by atoms with Crippen molar-refractivity contribution in [3.8, 4) is 0 Å². The van der Waals surface area contributed by atoms with Crippen molar-refractivity contribution in [1.82, 2.24) is 14.7 Å². The minimum absolute atomic E-state index is 0.0910. The van der Waals surface area contributed by atoms with Gasteiger partial charge in [0.25, 0.3) is 5.91 Å². The molecule has 1 aromatic carbocycles. The highest BCUT2D eigenvalue weighted by molar-refractivity contribution is 6.34. The summed E-state index contributed by atoms with van der Waals surface area (Å²) in [5.41, 5.74) is 1.09. The Hall–Kier alpha value is -1.99. The van der Waals surface area contributed by atoms with Crippen molar-refractivity contribution in [2.75, 3.05) is 52.2 Å². The van der Waals surface area contributed by atoms with Gasteiger partial charge in [0, 0.05) is 59.1 Å². The third kappa shape index (κ3) is 5.63. The van der Waals surface area contributed by atoms with Gasteiger partial charge in [0.15, 0.2) is 0 Å². The van der Waals surface area contributed by atoms with Gasteiger partial charge in [0.05, 0.1) is 16.6 Å². The Morgan fingerprint density at radius 2 is 1.71 bits per heavy atom. The highest BCUT2D eigenvalue weighted by Crippen LogP contribution is 2.30. The van der Waals surface area contributed by atoms with E-state index < -0.39 is 5.60 Å². The van der Waals surface area contributed by atoms with E-state index in [1.165, 1.54) is 4.90 Å². The Balaban J connectivity index is 1.49. The van der Waals surface area contributed by atoms with Gasteiger partial charge >= 0.3 is 6.09 Å². The van der Waals surface area contributed by atoms with E-state index in [9.17, 15) is 9.59 Å². The van der Waals surface area contributed by atoms with Crippen LogP contribution in [0.25, 0.3) is 0 Å². The molecule has 0 unspecified atom stereocenters. The van der Waals surface area contributed by atoms with Gasteiger partial charge in [0.2, 0.25) is 0 Å². The molecule has 2 amide bonds. The maximum atomic E-state index is 12.3. The molecule has 0 aliphatic carbocycles. The molecule has 31 heavy (non-hydrogen) atoms. The molecule has 3 rings (SSSR count). The summed E-state index contributed by atoms with van der Waals surface area (Å²) in [6.07, 6.45) is 1.74. The van der Waals surface area contributed by atoms with Crippen LogP contribution < -0.4 is 4.90 Å². The number of hydrogen-bond acceptors (Lipinski definition) is 5. The number of amides is 2. The van der Waals surface area contributed by atoms with E-state index in [0.717, 1.165) is 44.7 Å². The molecule has 2 fully saturated rings. The van der Waals surface area contributed by atoms with Crippen molar-refractivity contribution in [3.63, 3.8) is 0 Å². The number of hydrogen-bond donors (Lipinski definition) is 0. The van der Waals surface area contributed by atoms with Gasteiger partial charge in [-0.15, -0.1) is 0 Å². The van der Waals surface area contributed by atoms with Crippen LogP contribution in [-0.2, 0) is 4.74 Å². The number of carbonyl (C=O) groups excluding carboxylic acids is 2. The van der Waals surface area contributed by atoms with E-state index in [2.05, 4.69) is 16.8 Å². The first kappa shape index (κ1) is 23.7. The number of likely N-dealkylation sites (N-methyl/N-ethyl adjacent to an activating group) is 1. The van der Waals surface area contributed by atoms with E-state index >= 15 is 0 Å². The predicted molar refractivity (Wildman–Crippen MR) is 124 cm³/mol. The van der Waals surface area contributed by atoms with Crippen LogP contribution in [-0.4, -0.2) is 91.7 Å². The fourth-order valence-corrected chi connectivity index (χ4v) is 4.38. The molecule has 0 bridgehead atoms. The van der Waals surface area contributed by atoms with E-state index in [4.69, 9.17) is 16.3 Å². The number of benzene rings is 1. The average Bonchev–Trinajstić information content (AvgIpc) is 2.65. The maximum Gasteiger partial charge on any atom is 0.410 e. The number of piperidine rings is 1. The number of ether oxygens (including phenoxy) is 1. The van der Waals surface area contributed by atoms with Crippen molar-refractivity contribution in [2.45, 2.75) is 51.3 Å². The maximum absolute atomic E-state index is 12.3. The molecule has 0 radical (unpaired) electrons. The van der Waals surface area contributed by atoms with Crippen LogP contribution in [0.15, 0.2) is 18.2 Å². The molecule has 0 N–H and O–H groups in total. The van der Waals surface area contributed by atoms with Gasteiger partial charge in [-0.25, -0.2) is 4.79 Å². The summed E-state index contributed by atoms with van der Waals surface area (Å²) in [6.45, 7) is 9.16. The fourth-order valence-electron chi connectivity index (χ4n) is 4.12. The lowest BCUT2D eigenvalue weighted by Crippen LogP contribution is -2.63. The van der Waals surface area contributed by atoms with Gasteiger partial charge in [-0.05, 0) is 51.8 Å². The van der Waals surface area contributed by atoms with Gasteiger partial charge in [0.1, 0.15) is 5.60 Å². The lowest BCUT2D eigenvalue weighted by Gasteiger charge is -2.50. The number of rotatable bonds is 4. The molecule has 172 valence electrons. The minimum Gasteiger partial charge on any atom is -0.444 e. The smallest absolute Gasteiger partial charge is 0.410 e. The van der Waals surface area contributed by atoms with E-state index in [1.54, 1.807) is 20.2 Å². The Morgan fingerprint density at radius 3 is 2.23 bits per heavy atom. The molecule has 2 heterocycles. The van der Waals surface area contributed by atoms with E-state index in [0.29, 0.717) is 22.7 Å². The molecule has 0 saturated carbocycles. The van der Waals surface area contributed by atoms with Gasteiger partial charge < -0.3 is 19.4 Å². The van der Waals surface area contributed by atoms with Gasteiger partial charge in [-0.2, -0.15) is 0 Å². The third-order valence-electron chi connectivity index (χ3n) is 6.07. The quantitative estimate of drug-likeness (QED) is 0.702. The van der Waals surface area contributed by atoms with E-state index in [1.807, 2.05) is 37.8 Å². The van der Waals surface area contributed by atoms with Crippen LogP contribution in [0, 0.1) is 0 Å². The SMILES string of the molecule is CN(C)C(=O)c1ccc(N(C)C2CN(C3CCN(C(=O)OC(C)(C)C)CC3)C2)cc1Cl. The molecule has 8 heteroatoms. The minimum atomic E-state index is -0.454. The largest absolute Gasteiger partial charge is 0.444 e. The first-order valence-corrected chi connectivity index (χ1v) is 11.3. The zero-order chi connectivity index (χ0) is 22.9. The second-order valence-corrected chi connectivity index (χ2v) is 10.2. The third-order valence-corrected chi connectivity index (χ3v) is 6.38. The lowest BCUT2D eigenvalue weighted by atomic mass is 9.96. The molecule has 2 saturated heterocycles. The highest BCUT2D eigenvalue weighted by Gasteiger charge is 2.37. The Kier molecular flexibility index (Phi) is 7.06. The summed E-state index contributed by atoms with van der Waals surface area (Å²) in [5.74, 6) is -0.0910. The van der Waals surface area contributed by atoms with Crippen molar-refractivity contribution < 1.29 is 14.3 Å². The Bertz CT molecular complexity index is 810. The van der Waals surface area contributed by atoms with Crippen LogP contribution >= 0.6 is 11.6 Å². The second kappa shape index (κ2) is 9.25. The van der Waals surface area contributed by atoms with Crippen molar-refractivity contribution in [3.05, 3.63) is 28.8 Å².